The maximum absolute atomic E-state index is 11.9. The zero-order chi connectivity index (χ0) is 21.5. The van der Waals surface area contributed by atoms with Gasteiger partial charge in [-0.05, 0) is 37.1 Å². The van der Waals surface area contributed by atoms with E-state index in [2.05, 4.69) is 13.2 Å². The summed E-state index contributed by atoms with van der Waals surface area (Å²) >= 11 is 1.56. The minimum absolute atomic E-state index is 0.241. The van der Waals surface area contributed by atoms with Gasteiger partial charge in [-0.2, -0.15) is 11.8 Å². The third-order valence-electron chi connectivity index (χ3n) is 3.51. The van der Waals surface area contributed by atoms with E-state index < -0.39 is 5.97 Å². The summed E-state index contributed by atoms with van der Waals surface area (Å²) in [4.78, 5) is 23.7. The summed E-state index contributed by atoms with van der Waals surface area (Å²) in [7, 11) is 0. The number of allylic oxidation sites excluding steroid dienone is 5. The van der Waals surface area contributed by atoms with Crippen molar-refractivity contribution in [3.63, 3.8) is 0 Å². The number of esters is 2. The predicted octanol–water partition coefficient (Wildman–Crippen LogP) is 5.15. The average Bonchev–Trinajstić information content (AvgIpc) is 2.70. The molecule has 0 saturated heterocycles. The average molecular weight is 413 g/mol. The van der Waals surface area contributed by atoms with Gasteiger partial charge in [-0.3, -0.25) is 0 Å². The maximum atomic E-state index is 11.9. The molecule has 5 heteroatoms. The molecule has 0 heterocycles. The minimum Gasteiger partial charge on any atom is -0.459 e. The third-order valence-corrected chi connectivity index (χ3v) is 4.92. The normalized spacial score (nSPS) is 13.8. The number of thioether (sulfide) groups is 1. The Kier molecular flexibility index (Phi) is 11.9. The zero-order valence-corrected chi connectivity index (χ0v) is 17.8. The summed E-state index contributed by atoms with van der Waals surface area (Å²) in [6, 6.07) is 9.56. The van der Waals surface area contributed by atoms with Crippen molar-refractivity contribution in [2.24, 2.45) is 0 Å². The summed E-state index contributed by atoms with van der Waals surface area (Å²) in [5, 5.41) is 0. The molecule has 0 aliphatic rings. The molecule has 0 amide bonds. The molecule has 1 rings (SSSR count). The topological polar surface area (TPSA) is 52.6 Å². The van der Waals surface area contributed by atoms with E-state index in [0.717, 1.165) is 11.1 Å². The van der Waals surface area contributed by atoms with E-state index in [1.165, 1.54) is 12.2 Å². The van der Waals surface area contributed by atoms with Crippen molar-refractivity contribution in [3.8, 4) is 0 Å². The largest absolute Gasteiger partial charge is 0.459 e. The maximum Gasteiger partial charge on any atom is 0.331 e. The van der Waals surface area contributed by atoms with Gasteiger partial charge in [-0.15, -0.1) is 0 Å². The summed E-state index contributed by atoms with van der Waals surface area (Å²) < 4.78 is 10.7. The van der Waals surface area contributed by atoms with E-state index in [1.54, 1.807) is 42.1 Å². The van der Waals surface area contributed by atoms with Crippen LogP contribution in [0.4, 0.5) is 0 Å². The number of ether oxygens (including phenoxy) is 2. The number of benzene rings is 1. The van der Waals surface area contributed by atoms with Gasteiger partial charge in [0.05, 0.1) is 0 Å². The van der Waals surface area contributed by atoms with E-state index in [9.17, 15) is 9.59 Å². The van der Waals surface area contributed by atoms with Crippen LogP contribution in [-0.2, 0) is 19.1 Å². The van der Waals surface area contributed by atoms with Crippen LogP contribution in [0, 0.1) is 0 Å². The van der Waals surface area contributed by atoms with E-state index in [4.69, 9.17) is 9.47 Å². The van der Waals surface area contributed by atoms with Gasteiger partial charge in [0.15, 0.2) is 0 Å². The lowest BCUT2D eigenvalue weighted by Gasteiger charge is -2.14. The van der Waals surface area contributed by atoms with Gasteiger partial charge in [0.2, 0.25) is 0 Å². The van der Waals surface area contributed by atoms with E-state index in [-0.39, 0.29) is 18.2 Å². The lowest BCUT2D eigenvalue weighted by atomic mass is 10.2. The van der Waals surface area contributed by atoms with Gasteiger partial charge in [0.1, 0.15) is 12.2 Å². The highest BCUT2D eigenvalue weighted by Crippen LogP contribution is 2.11. The highest BCUT2D eigenvalue weighted by Gasteiger charge is 2.11. The standard InChI is InChI=1S/C24H28O4S/c1-5-10-21(6-2)13-15-23(25)27-19(3)17-29-18-20(4)28-24(26)16-14-22-11-8-7-9-12-22/h5-16,19-20H,1-2,17-18H2,3-4H3/b15-13+,16-14+,21-10+. The van der Waals surface area contributed by atoms with Crippen LogP contribution in [0.15, 0.2) is 85.5 Å². The second-order valence-corrected chi connectivity index (χ2v) is 7.29. The molecule has 0 aliphatic heterocycles. The fourth-order valence-electron chi connectivity index (χ4n) is 2.16. The van der Waals surface area contributed by atoms with Gasteiger partial charge >= 0.3 is 11.9 Å². The minimum atomic E-state index is -0.416. The van der Waals surface area contributed by atoms with Crippen LogP contribution < -0.4 is 0 Å². The Hall–Kier alpha value is -2.79. The molecule has 1 aromatic rings. The fraction of sp³-hybridized carbons (Fsp3) is 0.250. The number of hydrogen-bond donors (Lipinski definition) is 0. The Morgan fingerprint density at radius 3 is 2.10 bits per heavy atom. The molecule has 1 aromatic carbocycles. The van der Waals surface area contributed by atoms with Crippen LogP contribution in [-0.4, -0.2) is 35.7 Å². The Labute approximate surface area is 177 Å². The second kappa shape index (κ2) is 14.2. The summed E-state index contributed by atoms with van der Waals surface area (Å²) in [5.41, 5.74) is 1.72. The van der Waals surface area contributed by atoms with E-state index in [1.807, 2.05) is 44.2 Å². The zero-order valence-electron chi connectivity index (χ0n) is 17.0. The lowest BCUT2D eigenvalue weighted by Crippen LogP contribution is -2.19. The summed E-state index contributed by atoms with van der Waals surface area (Å²) in [6.45, 7) is 10.9. The SMILES string of the molecule is C=C/C=C(C=C)/C=C/C(=O)OC(C)CSCC(C)OC(=O)/C=C/c1ccccc1. The van der Waals surface area contributed by atoms with Gasteiger partial charge in [-0.1, -0.05) is 61.7 Å². The molecule has 2 unspecified atom stereocenters. The number of carbonyl (C=O) groups excluding carboxylic acids is 2. The van der Waals surface area contributed by atoms with Crippen LogP contribution in [0.1, 0.15) is 19.4 Å². The van der Waals surface area contributed by atoms with Gasteiger partial charge in [0, 0.05) is 23.7 Å². The smallest absolute Gasteiger partial charge is 0.331 e. The van der Waals surface area contributed by atoms with E-state index in [0.29, 0.717) is 11.5 Å². The molecule has 29 heavy (non-hydrogen) atoms. The number of carbonyl (C=O) groups is 2. The first-order chi connectivity index (χ1) is 13.9. The first-order valence-corrected chi connectivity index (χ1v) is 10.5. The molecular weight excluding hydrogens is 384 g/mol. The van der Waals surface area contributed by atoms with Crippen molar-refractivity contribution in [1.82, 2.24) is 0 Å². The second-order valence-electron chi connectivity index (χ2n) is 6.22. The number of rotatable bonds is 12. The highest BCUT2D eigenvalue weighted by molar-refractivity contribution is 7.99. The van der Waals surface area contributed by atoms with Crippen molar-refractivity contribution in [3.05, 3.63) is 91.1 Å². The Morgan fingerprint density at radius 1 is 0.966 bits per heavy atom. The predicted molar refractivity (Wildman–Crippen MR) is 122 cm³/mol. The molecule has 154 valence electrons. The van der Waals surface area contributed by atoms with Crippen LogP contribution in [0.3, 0.4) is 0 Å². The van der Waals surface area contributed by atoms with Gasteiger partial charge in [0.25, 0.3) is 0 Å². The van der Waals surface area contributed by atoms with E-state index >= 15 is 0 Å². The Morgan fingerprint density at radius 2 is 1.55 bits per heavy atom. The van der Waals surface area contributed by atoms with Crippen molar-refractivity contribution in [2.45, 2.75) is 26.1 Å². The van der Waals surface area contributed by atoms with Crippen molar-refractivity contribution < 1.29 is 19.1 Å². The molecule has 0 radical (unpaired) electrons. The summed E-state index contributed by atoms with van der Waals surface area (Å²) in [5.74, 6) is 0.432. The molecule has 0 saturated carbocycles. The van der Waals surface area contributed by atoms with Crippen LogP contribution in [0.2, 0.25) is 0 Å². The Bertz CT molecular complexity index is 762. The quantitative estimate of drug-likeness (QED) is 0.270. The van der Waals surface area contributed by atoms with Gasteiger partial charge < -0.3 is 9.47 Å². The Balaban J connectivity index is 2.28. The molecule has 2 atom stereocenters. The lowest BCUT2D eigenvalue weighted by molar-refractivity contribution is -0.141. The fourth-order valence-corrected chi connectivity index (χ4v) is 3.10. The first kappa shape index (κ1) is 24.2. The molecular formula is C24H28O4S. The molecule has 4 nitrogen and oxygen atoms in total. The van der Waals surface area contributed by atoms with Crippen molar-refractivity contribution >= 4 is 29.8 Å². The van der Waals surface area contributed by atoms with Crippen molar-refractivity contribution in [1.29, 1.82) is 0 Å². The molecule has 0 N–H and O–H groups in total. The monoisotopic (exact) mass is 412 g/mol. The van der Waals surface area contributed by atoms with Crippen LogP contribution in [0.5, 0.6) is 0 Å². The third kappa shape index (κ3) is 11.6. The number of hydrogen-bond acceptors (Lipinski definition) is 5. The first-order valence-electron chi connectivity index (χ1n) is 9.30. The summed E-state index contributed by atoms with van der Waals surface area (Å²) in [6.07, 6.45) is 10.6. The van der Waals surface area contributed by atoms with Gasteiger partial charge in [-0.25, -0.2) is 9.59 Å². The molecule has 0 aliphatic carbocycles. The highest BCUT2D eigenvalue weighted by atomic mass is 32.2. The molecule has 0 fully saturated rings. The molecule has 0 spiro atoms. The van der Waals surface area contributed by atoms with Crippen LogP contribution in [0.25, 0.3) is 6.08 Å². The van der Waals surface area contributed by atoms with Crippen molar-refractivity contribution in [2.75, 3.05) is 11.5 Å². The molecule has 0 bridgehead atoms. The molecule has 0 aromatic heterocycles. The van der Waals surface area contributed by atoms with Crippen LogP contribution >= 0.6 is 11.8 Å².